The molecule has 1 fully saturated rings. The van der Waals surface area contributed by atoms with E-state index in [0.717, 1.165) is 43.8 Å². The van der Waals surface area contributed by atoms with E-state index in [9.17, 15) is 9.59 Å². The predicted octanol–water partition coefficient (Wildman–Crippen LogP) is 1.76. The SMILES string of the molecule is O=C(O)c1ccc(C(=O)NCCCOC2CCOCC2)s1. The van der Waals surface area contributed by atoms with Crippen LogP contribution in [0.25, 0.3) is 0 Å². The second-order valence-electron chi connectivity index (χ2n) is 4.76. The largest absolute Gasteiger partial charge is 0.477 e. The summed E-state index contributed by atoms with van der Waals surface area (Å²) in [4.78, 5) is 23.1. The van der Waals surface area contributed by atoms with Crippen molar-refractivity contribution in [1.82, 2.24) is 5.32 Å². The zero-order valence-corrected chi connectivity index (χ0v) is 12.5. The van der Waals surface area contributed by atoms with Gasteiger partial charge in [0.05, 0.1) is 11.0 Å². The van der Waals surface area contributed by atoms with Crippen molar-refractivity contribution in [2.45, 2.75) is 25.4 Å². The third-order valence-electron chi connectivity index (χ3n) is 3.17. The predicted molar refractivity (Wildman–Crippen MR) is 78.0 cm³/mol. The van der Waals surface area contributed by atoms with Crippen LogP contribution >= 0.6 is 11.3 Å². The Morgan fingerprint density at radius 3 is 2.71 bits per heavy atom. The number of thiophene rings is 1. The zero-order chi connectivity index (χ0) is 15.1. The first-order chi connectivity index (χ1) is 10.2. The molecule has 1 amide bonds. The van der Waals surface area contributed by atoms with Gasteiger partial charge in [-0.05, 0) is 31.4 Å². The van der Waals surface area contributed by atoms with E-state index in [1.54, 1.807) is 0 Å². The highest BCUT2D eigenvalue weighted by atomic mass is 32.1. The maximum Gasteiger partial charge on any atom is 0.345 e. The smallest absolute Gasteiger partial charge is 0.345 e. The van der Waals surface area contributed by atoms with Crippen LogP contribution in [0, 0.1) is 0 Å². The average Bonchev–Trinajstić information content (AvgIpc) is 2.98. The second-order valence-corrected chi connectivity index (χ2v) is 5.84. The first-order valence-electron chi connectivity index (χ1n) is 6.97. The summed E-state index contributed by atoms with van der Waals surface area (Å²) in [5.41, 5.74) is 0. The lowest BCUT2D eigenvalue weighted by Gasteiger charge is -2.22. The Bertz CT molecular complexity index is 481. The Balaban J connectivity index is 1.61. The number of carboxylic acid groups (broad SMARTS) is 1. The molecule has 116 valence electrons. The molecular formula is C14H19NO5S. The number of hydrogen-bond acceptors (Lipinski definition) is 5. The summed E-state index contributed by atoms with van der Waals surface area (Å²) >= 11 is 0.979. The lowest BCUT2D eigenvalue weighted by atomic mass is 10.1. The lowest BCUT2D eigenvalue weighted by Crippen LogP contribution is -2.27. The van der Waals surface area contributed by atoms with Gasteiger partial charge < -0.3 is 19.9 Å². The van der Waals surface area contributed by atoms with Crippen molar-refractivity contribution in [2.75, 3.05) is 26.4 Å². The Labute approximate surface area is 127 Å². The molecule has 1 aliphatic rings. The van der Waals surface area contributed by atoms with Gasteiger partial charge in [-0.15, -0.1) is 11.3 Å². The first kappa shape index (κ1) is 15.9. The van der Waals surface area contributed by atoms with Gasteiger partial charge in [-0.3, -0.25) is 4.79 Å². The van der Waals surface area contributed by atoms with Crippen LogP contribution in [0.4, 0.5) is 0 Å². The number of carbonyl (C=O) groups excluding carboxylic acids is 1. The maximum absolute atomic E-state index is 11.8. The van der Waals surface area contributed by atoms with E-state index >= 15 is 0 Å². The minimum Gasteiger partial charge on any atom is -0.477 e. The molecule has 0 bridgehead atoms. The Hall–Kier alpha value is -1.44. The molecule has 0 spiro atoms. The number of carbonyl (C=O) groups is 2. The van der Waals surface area contributed by atoms with E-state index in [4.69, 9.17) is 14.6 Å². The molecule has 0 atom stereocenters. The van der Waals surface area contributed by atoms with Gasteiger partial charge in [-0.2, -0.15) is 0 Å². The maximum atomic E-state index is 11.8. The molecule has 0 unspecified atom stereocenters. The minimum absolute atomic E-state index is 0.169. The molecule has 0 aromatic carbocycles. The number of amides is 1. The van der Waals surface area contributed by atoms with Gasteiger partial charge in [-0.25, -0.2) is 4.79 Å². The molecule has 21 heavy (non-hydrogen) atoms. The summed E-state index contributed by atoms with van der Waals surface area (Å²) in [6.45, 7) is 2.63. The number of rotatable bonds is 7. The van der Waals surface area contributed by atoms with E-state index in [-0.39, 0.29) is 16.9 Å². The van der Waals surface area contributed by atoms with Crippen LogP contribution in [0.15, 0.2) is 12.1 Å². The van der Waals surface area contributed by atoms with Crippen molar-refractivity contribution >= 4 is 23.2 Å². The Morgan fingerprint density at radius 2 is 2.05 bits per heavy atom. The third-order valence-corrected chi connectivity index (χ3v) is 4.24. The van der Waals surface area contributed by atoms with Crippen LogP contribution in [0.3, 0.4) is 0 Å². The number of ether oxygens (including phenoxy) is 2. The van der Waals surface area contributed by atoms with Gasteiger partial charge >= 0.3 is 5.97 Å². The molecule has 1 aromatic rings. The highest BCUT2D eigenvalue weighted by Crippen LogP contribution is 2.16. The monoisotopic (exact) mass is 313 g/mol. The van der Waals surface area contributed by atoms with Crippen LogP contribution in [0.1, 0.15) is 38.6 Å². The van der Waals surface area contributed by atoms with Crippen LogP contribution in [-0.2, 0) is 9.47 Å². The second kappa shape index (κ2) is 8.11. The highest BCUT2D eigenvalue weighted by Gasteiger charge is 2.14. The van der Waals surface area contributed by atoms with Gasteiger partial charge in [0.2, 0.25) is 0 Å². The highest BCUT2D eigenvalue weighted by molar-refractivity contribution is 7.15. The quantitative estimate of drug-likeness (QED) is 0.749. The van der Waals surface area contributed by atoms with Gasteiger partial charge in [0.15, 0.2) is 0 Å². The standard InChI is InChI=1S/C14H19NO5S/c16-13(11-2-3-12(21-11)14(17)18)15-6-1-7-20-10-4-8-19-9-5-10/h2-3,10H,1,4-9H2,(H,15,16)(H,17,18). The fourth-order valence-electron chi connectivity index (χ4n) is 2.03. The number of carboxylic acids is 1. The average molecular weight is 313 g/mol. The van der Waals surface area contributed by atoms with Gasteiger partial charge in [0.25, 0.3) is 5.91 Å². The van der Waals surface area contributed by atoms with E-state index in [0.29, 0.717) is 18.0 Å². The molecule has 2 N–H and O–H groups in total. The van der Waals surface area contributed by atoms with Crippen molar-refractivity contribution in [2.24, 2.45) is 0 Å². The van der Waals surface area contributed by atoms with Crippen molar-refractivity contribution < 1.29 is 24.2 Å². The molecule has 0 saturated carbocycles. The van der Waals surface area contributed by atoms with Crippen molar-refractivity contribution in [3.8, 4) is 0 Å². The molecule has 0 aliphatic carbocycles. The fourth-order valence-corrected chi connectivity index (χ4v) is 2.79. The summed E-state index contributed by atoms with van der Waals surface area (Å²) in [7, 11) is 0. The van der Waals surface area contributed by atoms with Gasteiger partial charge in [0, 0.05) is 26.4 Å². The van der Waals surface area contributed by atoms with E-state index < -0.39 is 5.97 Å². The Kier molecular flexibility index (Phi) is 6.16. The summed E-state index contributed by atoms with van der Waals surface area (Å²) in [6, 6.07) is 2.97. The van der Waals surface area contributed by atoms with Crippen LogP contribution in [0.2, 0.25) is 0 Å². The van der Waals surface area contributed by atoms with Gasteiger partial charge in [-0.1, -0.05) is 0 Å². The molecule has 2 heterocycles. The molecule has 6 nitrogen and oxygen atoms in total. The lowest BCUT2D eigenvalue weighted by molar-refractivity contribution is -0.0321. The third kappa shape index (κ3) is 5.11. The number of hydrogen-bond donors (Lipinski definition) is 2. The van der Waals surface area contributed by atoms with E-state index in [1.165, 1.54) is 12.1 Å². The first-order valence-corrected chi connectivity index (χ1v) is 7.79. The summed E-state index contributed by atoms with van der Waals surface area (Å²) < 4.78 is 10.9. The fraction of sp³-hybridized carbons (Fsp3) is 0.571. The normalized spacial score (nSPS) is 15.8. The van der Waals surface area contributed by atoms with Crippen LogP contribution < -0.4 is 5.32 Å². The zero-order valence-electron chi connectivity index (χ0n) is 11.7. The van der Waals surface area contributed by atoms with Crippen LogP contribution in [0.5, 0.6) is 0 Å². The molecule has 0 radical (unpaired) electrons. The molecule has 1 saturated heterocycles. The molecule has 1 aliphatic heterocycles. The Morgan fingerprint density at radius 1 is 1.33 bits per heavy atom. The minimum atomic E-state index is -1.01. The molecule has 1 aromatic heterocycles. The number of aromatic carboxylic acids is 1. The van der Waals surface area contributed by atoms with Crippen LogP contribution in [-0.4, -0.2) is 49.5 Å². The van der Waals surface area contributed by atoms with E-state index in [2.05, 4.69) is 5.32 Å². The molecular weight excluding hydrogens is 294 g/mol. The molecule has 7 heteroatoms. The van der Waals surface area contributed by atoms with E-state index in [1.807, 2.05) is 0 Å². The molecule has 2 rings (SSSR count). The summed E-state index contributed by atoms with van der Waals surface area (Å²) in [5, 5.41) is 11.6. The summed E-state index contributed by atoms with van der Waals surface area (Å²) in [5.74, 6) is -1.25. The summed E-state index contributed by atoms with van der Waals surface area (Å²) in [6.07, 6.45) is 2.86. The van der Waals surface area contributed by atoms with Crippen molar-refractivity contribution in [3.05, 3.63) is 21.9 Å². The van der Waals surface area contributed by atoms with Crippen molar-refractivity contribution in [3.63, 3.8) is 0 Å². The topological polar surface area (TPSA) is 84.9 Å². The number of nitrogens with one attached hydrogen (secondary N) is 1. The van der Waals surface area contributed by atoms with Gasteiger partial charge in [0.1, 0.15) is 4.88 Å². The van der Waals surface area contributed by atoms with Crippen molar-refractivity contribution in [1.29, 1.82) is 0 Å².